The summed E-state index contributed by atoms with van der Waals surface area (Å²) in [4.78, 5) is 48.5. The monoisotopic (exact) mass is 583 g/mol. The highest BCUT2D eigenvalue weighted by Crippen LogP contribution is 2.24. The zero-order valence-electron chi connectivity index (χ0n) is 21.4. The van der Waals surface area contributed by atoms with E-state index in [1.807, 2.05) is 0 Å². The summed E-state index contributed by atoms with van der Waals surface area (Å²) in [7, 11) is 0. The quantitative estimate of drug-likeness (QED) is 0.122. The van der Waals surface area contributed by atoms with Gasteiger partial charge in [0.25, 0.3) is 11.6 Å². The van der Waals surface area contributed by atoms with Crippen LogP contribution in [0, 0.1) is 10.1 Å². The van der Waals surface area contributed by atoms with E-state index >= 15 is 0 Å². The maximum atomic E-state index is 13.0. The standard InChI is InChI=1S/C27H26ClN5O8/c28-21-11-8-19(13-24(21)33(39)40)14-29-32-26(37)22(12-17-6-9-20(35)10-7-17)30-25(36)23(15-34)31-27(38)41-16-18-4-2-1-3-5-18/h1-11,13-14,22-23,34-35H,12,15-16H2,(H,30,36)(H,31,38)(H,32,37)/b29-14-/t22-,23-/m0/s1. The number of halogens is 1. The molecule has 0 bridgehead atoms. The number of phenolic OH excluding ortho intramolecular Hbond substituents is 1. The molecule has 3 rings (SSSR count). The van der Waals surface area contributed by atoms with Crippen LogP contribution in [0.3, 0.4) is 0 Å². The van der Waals surface area contributed by atoms with E-state index in [1.165, 1.54) is 30.3 Å². The number of carbonyl (C=O) groups excluding carboxylic acids is 3. The van der Waals surface area contributed by atoms with Crippen LogP contribution in [0.15, 0.2) is 77.9 Å². The minimum absolute atomic E-state index is 0.000922. The molecule has 0 spiro atoms. The molecule has 5 N–H and O–H groups in total. The third-order valence-electron chi connectivity index (χ3n) is 5.57. The Balaban J connectivity index is 1.67. The number of nitro benzene ring substituents is 1. The van der Waals surface area contributed by atoms with Crippen LogP contribution in [0.25, 0.3) is 0 Å². The molecule has 0 aliphatic carbocycles. The van der Waals surface area contributed by atoms with Crippen molar-refractivity contribution < 1.29 is 34.3 Å². The molecule has 0 aliphatic heterocycles. The van der Waals surface area contributed by atoms with Gasteiger partial charge in [0.05, 0.1) is 17.7 Å². The maximum Gasteiger partial charge on any atom is 0.408 e. The van der Waals surface area contributed by atoms with Crippen molar-refractivity contribution in [2.75, 3.05) is 6.61 Å². The molecule has 13 nitrogen and oxygen atoms in total. The third-order valence-corrected chi connectivity index (χ3v) is 5.89. The molecule has 14 heteroatoms. The number of aliphatic hydroxyl groups is 1. The van der Waals surface area contributed by atoms with E-state index in [-0.39, 0.29) is 35.1 Å². The number of nitrogens with one attached hydrogen (secondary N) is 3. The van der Waals surface area contributed by atoms with Gasteiger partial charge in [-0.3, -0.25) is 19.7 Å². The van der Waals surface area contributed by atoms with E-state index in [0.29, 0.717) is 11.1 Å². The van der Waals surface area contributed by atoms with Crippen molar-refractivity contribution in [2.24, 2.45) is 5.10 Å². The smallest absolute Gasteiger partial charge is 0.408 e. The summed E-state index contributed by atoms with van der Waals surface area (Å²) in [5, 5.41) is 38.8. The molecule has 41 heavy (non-hydrogen) atoms. The number of hydrazone groups is 1. The van der Waals surface area contributed by atoms with Crippen molar-refractivity contribution in [1.82, 2.24) is 16.1 Å². The van der Waals surface area contributed by atoms with Crippen molar-refractivity contribution in [3.63, 3.8) is 0 Å². The number of amides is 3. The number of hydrogen-bond acceptors (Lipinski definition) is 9. The number of rotatable bonds is 12. The highest BCUT2D eigenvalue weighted by molar-refractivity contribution is 6.32. The second-order valence-electron chi connectivity index (χ2n) is 8.58. The molecule has 3 amide bonds. The Morgan fingerprint density at radius 2 is 1.68 bits per heavy atom. The van der Waals surface area contributed by atoms with Gasteiger partial charge in [-0.05, 0) is 29.3 Å². The van der Waals surface area contributed by atoms with E-state index in [1.54, 1.807) is 42.5 Å². The predicted octanol–water partition coefficient (Wildman–Crippen LogP) is 2.42. The summed E-state index contributed by atoms with van der Waals surface area (Å²) in [5.74, 6) is -1.64. The number of alkyl carbamates (subject to hydrolysis) is 1. The number of benzene rings is 3. The van der Waals surface area contributed by atoms with Gasteiger partial charge in [0, 0.05) is 18.1 Å². The van der Waals surface area contributed by atoms with Crippen LogP contribution in [-0.2, 0) is 27.4 Å². The maximum absolute atomic E-state index is 13.0. The lowest BCUT2D eigenvalue weighted by Crippen LogP contribution is -2.55. The average Bonchev–Trinajstić information content (AvgIpc) is 2.96. The zero-order chi connectivity index (χ0) is 29.8. The Bertz CT molecular complexity index is 1400. The Kier molecular flexibility index (Phi) is 11.1. The summed E-state index contributed by atoms with van der Waals surface area (Å²) in [6.07, 6.45) is 0.155. The molecule has 0 saturated heterocycles. The summed E-state index contributed by atoms with van der Waals surface area (Å²) < 4.78 is 5.08. The number of hydrogen-bond donors (Lipinski definition) is 5. The number of ether oxygens (including phenoxy) is 1. The molecule has 0 fully saturated rings. The Labute approximate surface area is 238 Å². The third kappa shape index (κ3) is 9.60. The van der Waals surface area contributed by atoms with Crippen LogP contribution in [0.2, 0.25) is 5.02 Å². The summed E-state index contributed by atoms with van der Waals surface area (Å²) in [6, 6.07) is 16.0. The van der Waals surface area contributed by atoms with E-state index in [9.17, 15) is 34.7 Å². The molecule has 0 heterocycles. The van der Waals surface area contributed by atoms with Gasteiger partial charge in [0.2, 0.25) is 5.91 Å². The van der Waals surface area contributed by atoms with Crippen LogP contribution in [0.5, 0.6) is 5.75 Å². The van der Waals surface area contributed by atoms with E-state index in [2.05, 4.69) is 21.2 Å². The van der Waals surface area contributed by atoms with Crippen molar-refractivity contribution in [2.45, 2.75) is 25.1 Å². The van der Waals surface area contributed by atoms with Gasteiger partial charge in [-0.25, -0.2) is 10.2 Å². The molecule has 0 radical (unpaired) electrons. The van der Waals surface area contributed by atoms with Gasteiger partial charge >= 0.3 is 6.09 Å². The van der Waals surface area contributed by atoms with Gasteiger partial charge in [0.15, 0.2) is 0 Å². The molecule has 3 aromatic carbocycles. The molecular weight excluding hydrogens is 558 g/mol. The molecule has 3 aromatic rings. The molecule has 0 aromatic heterocycles. The Morgan fingerprint density at radius 1 is 0.976 bits per heavy atom. The van der Waals surface area contributed by atoms with Crippen molar-refractivity contribution in [3.8, 4) is 5.75 Å². The molecule has 0 aliphatic rings. The second kappa shape index (κ2) is 15.0. The fourth-order valence-corrected chi connectivity index (χ4v) is 3.64. The van der Waals surface area contributed by atoms with E-state index < -0.39 is 41.5 Å². The van der Waals surface area contributed by atoms with Gasteiger partial charge in [0.1, 0.15) is 29.5 Å². The second-order valence-corrected chi connectivity index (χ2v) is 8.98. The summed E-state index contributed by atoms with van der Waals surface area (Å²) in [5.41, 5.74) is 3.47. The Hall–Kier alpha value is -5.01. The van der Waals surface area contributed by atoms with Crippen molar-refractivity contribution >= 4 is 41.4 Å². The Morgan fingerprint density at radius 3 is 2.34 bits per heavy atom. The summed E-state index contributed by atoms with van der Waals surface area (Å²) in [6.45, 7) is -0.847. The van der Waals surface area contributed by atoms with Gasteiger partial charge in [-0.2, -0.15) is 5.10 Å². The number of phenols is 1. The SMILES string of the molecule is O=C(N[C@@H](CO)C(=O)N[C@@H](Cc1ccc(O)cc1)C(=O)N/N=C\c1ccc(Cl)c([N+](=O)[O-])c1)OCc1ccccc1. The van der Waals surface area contributed by atoms with Crippen LogP contribution < -0.4 is 16.1 Å². The first-order valence-electron chi connectivity index (χ1n) is 12.1. The molecule has 0 unspecified atom stereocenters. The fourth-order valence-electron chi connectivity index (χ4n) is 3.45. The van der Waals surface area contributed by atoms with Gasteiger partial charge < -0.3 is 25.6 Å². The first kappa shape index (κ1) is 30.5. The normalized spacial score (nSPS) is 12.2. The lowest BCUT2D eigenvalue weighted by molar-refractivity contribution is -0.384. The zero-order valence-corrected chi connectivity index (χ0v) is 22.2. The van der Waals surface area contributed by atoms with E-state index in [0.717, 1.165) is 6.21 Å². The van der Waals surface area contributed by atoms with Gasteiger partial charge in [-0.1, -0.05) is 60.1 Å². The lowest BCUT2D eigenvalue weighted by Gasteiger charge is -2.21. The lowest BCUT2D eigenvalue weighted by atomic mass is 10.0. The van der Waals surface area contributed by atoms with Crippen LogP contribution in [0.1, 0.15) is 16.7 Å². The van der Waals surface area contributed by atoms with Crippen LogP contribution >= 0.6 is 11.6 Å². The highest BCUT2D eigenvalue weighted by atomic mass is 35.5. The minimum atomic E-state index is -1.44. The van der Waals surface area contributed by atoms with Crippen molar-refractivity contribution in [3.05, 3.63) is 105 Å². The van der Waals surface area contributed by atoms with Gasteiger partial charge in [-0.15, -0.1) is 0 Å². The molecular formula is C27H26ClN5O8. The van der Waals surface area contributed by atoms with Crippen LogP contribution in [0.4, 0.5) is 10.5 Å². The largest absolute Gasteiger partial charge is 0.508 e. The number of carbonyl (C=O) groups is 3. The summed E-state index contributed by atoms with van der Waals surface area (Å²) >= 11 is 5.80. The fraction of sp³-hybridized carbons (Fsp3) is 0.185. The minimum Gasteiger partial charge on any atom is -0.508 e. The number of nitrogens with zero attached hydrogens (tertiary/aromatic N) is 2. The predicted molar refractivity (Wildman–Crippen MR) is 148 cm³/mol. The number of aliphatic hydroxyl groups excluding tert-OH is 1. The average molecular weight is 584 g/mol. The first-order valence-corrected chi connectivity index (χ1v) is 12.5. The highest BCUT2D eigenvalue weighted by Gasteiger charge is 2.27. The number of nitro groups is 1. The molecule has 0 saturated carbocycles. The topological polar surface area (TPSA) is 192 Å². The molecule has 2 atom stereocenters. The first-order chi connectivity index (χ1) is 19.7. The van der Waals surface area contributed by atoms with E-state index in [4.69, 9.17) is 16.3 Å². The number of aromatic hydroxyl groups is 1. The molecule has 214 valence electrons. The van der Waals surface area contributed by atoms with Crippen LogP contribution in [-0.4, -0.2) is 57.9 Å². The van der Waals surface area contributed by atoms with Crippen molar-refractivity contribution in [1.29, 1.82) is 0 Å².